The van der Waals surface area contributed by atoms with Crippen LogP contribution in [0.2, 0.25) is 0 Å². The van der Waals surface area contributed by atoms with Crippen LogP contribution in [0.5, 0.6) is 0 Å². The maximum atomic E-state index is 11.8. The van der Waals surface area contributed by atoms with Crippen LogP contribution in [0.15, 0.2) is 22.4 Å². The molecular formula is C12H12N2O4. The first-order chi connectivity index (χ1) is 8.69. The van der Waals surface area contributed by atoms with E-state index < -0.39 is 11.9 Å². The molecule has 0 fully saturated rings. The lowest BCUT2D eigenvalue weighted by molar-refractivity contribution is 0.0479. The summed E-state index contributed by atoms with van der Waals surface area (Å²) in [5.74, 6) is -1.15. The van der Waals surface area contributed by atoms with Gasteiger partial charge < -0.3 is 9.47 Å². The van der Waals surface area contributed by atoms with Crippen molar-refractivity contribution in [1.82, 2.24) is 0 Å². The molecule has 0 radical (unpaired) electrons. The second-order valence-corrected chi connectivity index (χ2v) is 3.50. The van der Waals surface area contributed by atoms with Gasteiger partial charge in [0.25, 0.3) is 0 Å². The van der Waals surface area contributed by atoms with E-state index >= 15 is 0 Å². The molecule has 0 unspecified atom stereocenters. The number of esters is 2. The Morgan fingerprint density at radius 2 is 1.72 bits per heavy atom. The molecule has 1 aliphatic heterocycles. The minimum atomic E-state index is -0.587. The monoisotopic (exact) mass is 248 g/mol. The molecular weight excluding hydrogens is 236 g/mol. The minimum absolute atomic E-state index is 0.128. The first-order valence-electron chi connectivity index (χ1n) is 5.62. The smallest absolute Gasteiger partial charge is 0.341 e. The zero-order valence-electron chi connectivity index (χ0n) is 10.1. The Bertz CT molecular complexity index is 537. The van der Waals surface area contributed by atoms with Crippen molar-refractivity contribution in [3.05, 3.63) is 23.3 Å². The van der Waals surface area contributed by atoms with E-state index in [9.17, 15) is 9.59 Å². The Balaban J connectivity index is 2.44. The average molecular weight is 248 g/mol. The Hall–Kier alpha value is -2.24. The number of nitrogens with zero attached hydrogens (tertiary/aromatic N) is 2. The van der Waals surface area contributed by atoms with Gasteiger partial charge in [0.05, 0.1) is 18.8 Å². The fourth-order valence-corrected chi connectivity index (χ4v) is 1.61. The van der Waals surface area contributed by atoms with Crippen LogP contribution in [-0.4, -0.2) is 25.2 Å². The Kier molecular flexibility index (Phi) is 3.36. The highest BCUT2D eigenvalue weighted by Crippen LogP contribution is 2.42. The number of azo groups is 1. The topological polar surface area (TPSA) is 77.3 Å². The summed E-state index contributed by atoms with van der Waals surface area (Å²) >= 11 is 0. The Morgan fingerprint density at radius 1 is 1.06 bits per heavy atom. The SMILES string of the molecule is CCOC(=O)c1ccc2c(c1C(=O)OCC)N=N2. The first-order valence-corrected chi connectivity index (χ1v) is 5.62. The Morgan fingerprint density at radius 3 is 2.28 bits per heavy atom. The molecule has 0 aromatic heterocycles. The van der Waals surface area contributed by atoms with Crippen LogP contribution >= 0.6 is 0 Å². The van der Waals surface area contributed by atoms with Gasteiger partial charge in [-0.3, -0.25) is 0 Å². The number of rotatable bonds is 4. The molecule has 0 saturated heterocycles. The lowest BCUT2D eigenvalue weighted by Crippen LogP contribution is -2.15. The number of fused-ring (bicyclic) bond motifs is 1. The molecule has 1 aromatic rings. The van der Waals surface area contributed by atoms with Gasteiger partial charge >= 0.3 is 11.9 Å². The van der Waals surface area contributed by atoms with E-state index in [0.29, 0.717) is 11.4 Å². The van der Waals surface area contributed by atoms with Crippen LogP contribution in [0.4, 0.5) is 11.4 Å². The maximum Gasteiger partial charge on any atom is 0.341 e. The molecule has 1 heterocycles. The van der Waals surface area contributed by atoms with E-state index in [1.165, 1.54) is 6.07 Å². The van der Waals surface area contributed by atoms with E-state index in [1.54, 1.807) is 19.9 Å². The van der Waals surface area contributed by atoms with Gasteiger partial charge in [-0.25, -0.2) is 9.59 Å². The highest BCUT2D eigenvalue weighted by molar-refractivity contribution is 6.09. The number of benzene rings is 1. The van der Waals surface area contributed by atoms with Crippen molar-refractivity contribution < 1.29 is 19.1 Å². The van der Waals surface area contributed by atoms with E-state index in [2.05, 4.69) is 10.2 Å². The molecule has 0 bridgehead atoms. The summed E-state index contributed by atoms with van der Waals surface area (Å²) in [6, 6.07) is 3.12. The van der Waals surface area contributed by atoms with Gasteiger partial charge in [0, 0.05) is 0 Å². The number of hydrogen-bond acceptors (Lipinski definition) is 6. The molecule has 94 valence electrons. The first kappa shape index (κ1) is 12.2. The van der Waals surface area contributed by atoms with E-state index in [4.69, 9.17) is 9.47 Å². The minimum Gasteiger partial charge on any atom is -0.462 e. The summed E-state index contributed by atoms with van der Waals surface area (Å²) in [6.45, 7) is 3.85. The molecule has 18 heavy (non-hydrogen) atoms. The zero-order chi connectivity index (χ0) is 13.1. The van der Waals surface area contributed by atoms with Gasteiger partial charge in [0.15, 0.2) is 0 Å². The van der Waals surface area contributed by atoms with Crippen LogP contribution in [0.3, 0.4) is 0 Å². The van der Waals surface area contributed by atoms with Gasteiger partial charge in [-0.15, -0.1) is 10.2 Å². The second-order valence-electron chi connectivity index (χ2n) is 3.50. The van der Waals surface area contributed by atoms with Gasteiger partial charge in [-0.2, -0.15) is 0 Å². The molecule has 0 amide bonds. The molecule has 0 N–H and O–H groups in total. The summed E-state index contributed by atoms with van der Waals surface area (Å²) in [6.07, 6.45) is 0. The third-order valence-electron chi connectivity index (χ3n) is 2.39. The quantitative estimate of drug-likeness (QED) is 0.779. The number of carbonyl (C=O) groups is 2. The summed E-state index contributed by atoms with van der Waals surface area (Å²) in [7, 11) is 0. The maximum absolute atomic E-state index is 11.8. The predicted molar refractivity (Wildman–Crippen MR) is 62.5 cm³/mol. The average Bonchev–Trinajstić information content (AvgIpc) is 2.30. The zero-order valence-corrected chi connectivity index (χ0v) is 10.1. The largest absolute Gasteiger partial charge is 0.462 e. The molecule has 1 aromatic carbocycles. The van der Waals surface area contributed by atoms with E-state index in [-0.39, 0.29) is 24.3 Å². The molecule has 1 aliphatic rings. The van der Waals surface area contributed by atoms with Crippen LogP contribution in [0.1, 0.15) is 34.6 Å². The Labute approximate surface area is 104 Å². The molecule has 6 heteroatoms. The highest BCUT2D eigenvalue weighted by Gasteiger charge is 2.28. The van der Waals surface area contributed by atoms with Crippen molar-refractivity contribution in [3.63, 3.8) is 0 Å². The van der Waals surface area contributed by atoms with Crippen LogP contribution < -0.4 is 0 Å². The number of hydrogen-bond donors (Lipinski definition) is 0. The molecule has 0 saturated carbocycles. The van der Waals surface area contributed by atoms with Gasteiger partial charge in [0.1, 0.15) is 16.9 Å². The summed E-state index contributed by atoms with van der Waals surface area (Å²) < 4.78 is 9.82. The third kappa shape index (κ3) is 1.97. The summed E-state index contributed by atoms with van der Waals surface area (Å²) in [5, 5.41) is 7.50. The van der Waals surface area contributed by atoms with Crippen LogP contribution in [-0.2, 0) is 9.47 Å². The van der Waals surface area contributed by atoms with E-state index in [0.717, 1.165) is 0 Å². The highest BCUT2D eigenvalue weighted by atomic mass is 16.5. The molecule has 0 aliphatic carbocycles. The molecule has 0 spiro atoms. The fraction of sp³-hybridized carbons (Fsp3) is 0.333. The lowest BCUT2D eigenvalue weighted by atomic mass is 10.0. The second kappa shape index (κ2) is 4.95. The van der Waals surface area contributed by atoms with Crippen molar-refractivity contribution >= 4 is 23.3 Å². The van der Waals surface area contributed by atoms with Crippen molar-refractivity contribution in [2.45, 2.75) is 13.8 Å². The predicted octanol–water partition coefficient (Wildman–Crippen LogP) is 2.77. The van der Waals surface area contributed by atoms with Crippen molar-refractivity contribution in [2.24, 2.45) is 10.2 Å². The van der Waals surface area contributed by atoms with Crippen molar-refractivity contribution in [1.29, 1.82) is 0 Å². The molecule has 0 atom stereocenters. The number of ether oxygens (including phenoxy) is 2. The normalized spacial score (nSPS) is 11.4. The van der Waals surface area contributed by atoms with Gasteiger partial charge in [0.2, 0.25) is 0 Å². The summed E-state index contributed by atoms with van der Waals surface area (Å²) in [5.41, 5.74) is 1.25. The van der Waals surface area contributed by atoms with Gasteiger partial charge in [-0.1, -0.05) is 0 Å². The van der Waals surface area contributed by atoms with Crippen molar-refractivity contribution in [3.8, 4) is 0 Å². The summed E-state index contributed by atoms with van der Waals surface area (Å²) in [4.78, 5) is 23.6. The molecule has 6 nitrogen and oxygen atoms in total. The molecule has 2 rings (SSSR count). The van der Waals surface area contributed by atoms with Gasteiger partial charge in [-0.05, 0) is 26.0 Å². The third-order valence-corrected chi connectivity index (χ3v) is 2.39. The fourth-order valence-electron chi connectivity index (χ4n) is 1.61. The number of carbonyl (C=O) groups excluding carboxylic acids is 2. The van der Waals surface area contributed by atoms with Crippen LogP contribution in [0, 0.1) is 0 Å². The van der Waals surface area contributed by atoms with Crippen LogP contribution in [0.25, 0.3) is 0 Å². The van der Waals surface area contributed by atoms with Crippen molar-refractivity contribution in [2.75, 3.05) is 13.2 Å². The lowest BCUT2D eigenvalue weighted by Gasteiger charge is -2.15. The standard InChI is InChI=1S/C12H12N2O4/c1-3-17-11(15)7-5-6-8-10(14-13-8)9(7)12(16)18-4-2/h5-6H,3-4H2,1-2H3. The van der Waals surface area contributed by atoms with E-state index in [1.807, 2.05) is 0 Å².